The molecule has 2 aromatic rings. The van der Waals surface area contributed by atoms with Crippen molar-refractivity contribution in [3.05, 3.63) is 72.3 Å². The van der Waals surface area contributed by atoms with Crippen LogP contribution in [0.3, 0.4) is 0 Å². The first kappa shape index (κ1) is 13.1. The monoisotopic (exact) mass is 267 g/mol. The summed E-state index contributed by atoms with van der Waals surface area (Å²) in [5.74, 6) is 1.32. The molecule has 0 spiro atoms. The van der Waals surface area contributed by atoms with Gasteiger partial charge in [-0.25, -0.2) is 9.97 Å². The Morgan fingerprint density at radius 3 is 2.53 bits per heavy atom. The Morgan fingerprint density at radius 2 is 1.89 bits per heavy atom. The Labute approximate surface area is 117 Å². The second-order valence-corrected chi connectivity index (χ2v) is 4.12. The van der Waals surface area contributed by atoms with Gasteiger partial charge < -0.3 is 4.98 Å². The molecule has 0 amide bonds. The Balaban J connectivity index is 2.58. The van der Waals surface area contributed by atoms with Crippen molar-refractivity contribution >= 4 is 17.8 Å². The van der Waals surface area contributed by atoms with Crippen molar-refractivity contribution in [2.24, 2.45) is 0 Å². The number of aromatic nitrogens is 3. The van der Waals surface area contributed by atoms with E-state index >= 15 is 0 Å². The number of rotatable bonds is 4. The van der Waals surface area contributed by atoms with Gasteiger partial charge in [0.1, 0.15) is 11.6 Å². The lowest BCUT2D eigenvalue weighted by atomic mass is 10.2. The van der Waals surface area contributed by atoms with E-state index in [2.05, 4.69) is 28.1 Å². The third-order valence-electron chi connectivity index (χ3n) is 2.49. The van der Waals surface area contributed by atoms with Gasteiger partial charge in [-0.2, -0.15) is 0 Å². The maximum absolute atomic E-state index is 5.11. The lowest BCUT2D eigenvalue weighted by Crippen LogP contribution is -1.99. The fourth-order valence-corrected chi connectivity index (χ4v) is 1.81. The predicted octanol–water partition coefficient (Wildman–Crippen LogP) is 3.96. The number of hydrogen-bond donors (Lipinski definition) is 1. The Hall–Kier alpha value is -2.33. The average molecular weight is 267 g/mol. The van der Waals surface area contributed by atoms with Crippen molar-refractivity contribution in [1.29, 1.82) is 0 Å². The number of benzene rings is 1. The summed E-state index contributed by atoms with van der Waals surface area (Å²) in [6.07, 6.45) is 5.19. The molecule has 0 fully saturated rings. The van der Waals surface area contributed by atoms with Gasteiger partial charge in [-0.15, -0.1) is 0 Å². The Bertz CT molecular complexity index is 684. The van der Waals surface area contributed by atoms with Crippen LogP contribution in [0.2, 0.25) is 0 Å². The highest BCUT2D eigenvalue weighted by molar-refractivity contribution is 7.71. The molecule has 0 atom stereocenters. The van der Waals surface area contributed by atoms with Crippen molar-refractivity contribution < 1.29 is 0 Å². The number of allylic oxidation sites excluding steroid dienone is 4. The number of H-pyrrole nitrogens is 1. The van der Waals surface area contributed by atoms with Gasteiger partial charge in [-0.1, -0.05) is 61.7 Å². The summed E-state index contributed by atoms with van der Waals surface area (Å²) in [4.78, 5) is 11.6. The minimum atomic E-state index is 0.296. The van der Waals surface area contributed by atoms with Crippen molar-refractivity contribution in [2.75, 3.05) is 0 Å². The van der Waals surface area contributed by atoms with E-state index in [1.165, 1.54) is 0 Å². The van der Waals surface area contributed by atoms with Gasteiger partial charge in [-0.05, 0) is 12.2 Å². The summed E-state index contributed by atoms with van der Waals surface area (Å²) < 4.78 is 0.296. The maximum atomic E-state index is 5.11. The molecule has 0 aliphatic carbocycles. The molecule has 19 heavy (non-hydrogen) atoms. The lowest BCUT2D eigenvalue weighted by molar-refractivity contribution is 1.01. The van der Waals surface area contributed by atoms with Gasteiger partial charge in [0.2, 0.25) is 4.77 Å². The summed E-state index contributed by atoms with van der Waals surface area (Å²) in [7, 11) is 0. The van der Waals surface area contributed by atoms with Crippen LogP contribution in [-0.4, -0.2) is 15.0 Å². The van der Waals surface area contributed by atoms with Crippen molar-refractivity contribution in [3.8, 4) is 11.4 Å². The van der Waals surface area contributed by atoms with E-state index in [0.29, 0.717) is 16.4 Å². The molecule has 0 saturated heterocycles. The van der Waals surface area contributed by atoms with Crippen LogP contribution in [0.4, 0.5) is 0 Å². The quantitative estimate of drug-likeness (QED) is 0.673. The standard InChI is InChI=1S/C15H13N3S/c1-3-8-11(4-2)13-16-14(18-15(19)17-13)12-9-6-5-7-10-12/h3-10H,1-2H2,(H,16,17,18,19)/b11-8+. The van der Waals surface area contributed by atoms with Crippen LogP contribution in [0.15, 0.2) is 61.7 Å². The molecule has 4 heteroatoms. The van der Waals surface area contributed by atoms with E-state index in [-0.39, 0.29) is 0 Å². The molecule has 2 rings (SSSR count). The van der Waals surface area contributed by atoms with Gasteiger partial charge >= 0.3 is 0 Å². The van der Waals surface area contributed by atoms with E-state index in [4.69, 9.17) is 12.2 Å². The zero-order valence-electron chi connectivity index (χ0n) is 10.3. The molecule has 0 bridgehead atoms. The first-order valence-corrected chi connectivity index (χ1v) is 6.14. The average Bonchev–Trinajstić information content (AvgIpc) is 2.45. The molecule has 0 saturated carbocycles. The highest BCUT2D eigenvalue weighted by Crippen LogP contribution is 2.17. The maximum Gasteiger partial charge on any atom is 0.223 e. The Kier molecular flexibility index (Phi) is 4.15. The lowest BCUT2D eigenvalue weighted by Gasteiger charge is -2.05. The van der Waals surface area contributed by atoms with Crippen LogP contribution < -0.4 is 0 Å². The van der Waals surface area contributed by atoms with E-state index in [1.54, 1.807) is 12.2 Å². The van der Waals surface area contributed by atoms with Crippen molar-refractivity contribution in [3.63, 3.8) is 0 Å². The van der Waals surface area contributed by atoms with E-state index in [9.17, 15) is 0 Å². The second kappa shape index (κ2) is 6.02. The number of hydrogen-bond acceptors (Lipinski definition) is 3. The molecular formula is C15H13N3S. The third kappa shape index (κ3) is 3.11. The fraction of sp³-hybridized carbons (Fsp3) is 0. The largest absolute Gasteiger partial charge is 0.324 e. The molecule has 1 aromatic heterocycles. The molecule has 0 radical (unpaired) electrons. The molecule has 1 aromatic carbocycles. The normalized spacial score (nSPS) is 11.1. The summed E-state index contributed by atoms with van der Waals surface area (Å²) in [6.45, 7) is 7.43. The van der Waals surface area contributed by atoms with E-state index in [1.807, 2.05) is 36.4 Å². The molecule has 0 unspecified atom stereocenters. The van der Waals surface area contributed by atoms with Gasteiger partial charge in [0.25, 0.3) is 0 Å². The first-order chi connectivity index (χ1) is 9.24. The van der Waals surface area contributed by atoms with Crippen LogP contribution in [0.5, 0.6) is 0 Å². The summed E-state index contributed by atoms with van der Waals surface area (Å²) in [5, 5.41) is 0. The molecule has 0 aliphatic heterocycles. The van der Waals surface area contributed by atoms with Gasteiger partial charge in [0, 0.05) is 11.1 Å². The van der Waals surface area contributed by atoms with Crippen LogP contribution >= 0.6 is 12.2 Å². The Morgan fingerprint density at radius 1 is 1.16 bits per heavy atom. The van der Waals surface area contributed by atoms with Gasteiger partial charge in [0.05, 0.1) is 0 Å². The highest BCUT2D eigenvalue weighted by Gasteiger charge is 2.05. The summed E-state index contributed by atoms with van der Waals surface area (Å²) >= 11 is 5.11. The zero-order chi connectivity index (χ0) is 13.7. The SMILES string of the molecule is C=C/C=C(\C=C)c1nc(=S)nc(-c2ccccc2)[nH]1. The van der Waals surface area contributed by atoms with Gasteiger partial charge in [0.15, 0.2) is 0 Å². The molecule has 1 N–H and O–H groups in total. The molecule has 94 valence electrons. The number of nitrogens with zero attached hydrogens (tertiary/aromatic N) is 2. The predicted molar refractivity (Wildman–Crippen MR) is 81.0 cm³/mol. The molecular weight excluding hydrogens is 254 g/mol. The number of nitrogens with one attached hydrogen (secondary N) is 1. The van der Waals surface area contributed by atoms with Crippen molar-refractivity contribution in [2.45, 2.75) is 0 Å². The van der Waals surface area contributed by atoms with Gasteiger partial charge in [-0.3, -0.25) is 0 Å². The number of aromatic amines is 1. The fourth-order valence-electron chi connectivity index (χ4n) is 1.62. The molecule has 1 heterocycles. The topological polar surface area (TPSA) is 41.6 Å². The van der Waals surface area contributed by atoms with Crippen LogP contribution in [0.1, 0.15) is 5.82 Å². The van der Waals surface area contributed by atoms with Crippen LogP contribution in [0, 0.1) is 4.77 Å². The summed E-state index contributed by atoms with van der Waals surface area (Å²) in [6, 6.07) is 9.77. The minimum absolute atomic E-state index is 0.296. The summed E-state index contributed by atoms with van der Waals surface area (Å²) in [5.41, 5.74) is 1.78. The minimum Gasteiger partial charge on any atom is -0.324 e. The van der Waals surface area contributed by atoms with Crippen molar-refractivity contribution in [1.82, 2.24) is 15.0 Å². The zero-order valence-corrected chi connectivity index (χ0v) is 11.2. The molecule has 3 nitrogen and oxygen atoms in total. The third-order valence-corrected chi connectivity index (χ3v) is 2.67. The smallest absolute Gasteiger partial charge is 0.223 e. The van der Waals surface area contributed by atoms with Crippen LogP contribution in [0.25, 0.3) is 17.0 Å². The van der Waals surface area contributed by atoms with E-state index in [0.717, 1.165) is 11.1 Å². The van der Waals surface area contributed by atoms with Crippen LogP contribution in [-0.2, 0) is 0 Å². The highest BCUT2D eigenvalue weighted by atomic mass is 32.1. The first-order valence-electron chi connectivity index (χ1n) is 5.74. The second-order valence-electron chi connectivity index (χ2n) is 3.76. The van der Waals surface area contributed by atoms with E-state index < -0.39 is 0 Å². The molecule has 0 aliphatic rings.